The van der Waals surface area contributed by atoms with Crippen molar-refractivity contribution in [2.75, 3.05) is 13.1 Å². The average molecular weight is 502 g/mol. The number of hydrogen-bond acceptors (Lipinski definition) is 8. The molecule has 15 heteroatoms. The van der Waals surface area contributed by atoms with Crippen LogP contribution >= 0.6 is 0 Å². The normalized spacial score (nSPS) is 18.6. The maximum atomic E-state index is 12.9. The van der Waals surface area contributed by atoms with Crippen LogP contribution in [-0.4, -0.2) is 99.2 Å². The number of aliphatic carboxylic acids is 2. The number of carboxylic acids is 2. The number of aliphatic imine (C=N–C) groups is 1. The molecule has 0 bridgehead atoms. The number of guanidine groups is 1. The van der Waals surface area contributed by atoms with Crippen LogP contribution in [0.2, 0.25) is 0 Å². The number of carboxylic acid groups (broad SMARTS) is 2. The molecule has 0 radical (unpaired) electrons. The molecular formula is C20H35N7O8. The number of amides is 3. The highest BCUT2D eigenvalue weighted by Crippen LogP contribution is 2.19. The Kier molecular flexibility index (Phi) is 11.9. The smallest absolute Gasteiger partial charge is 0.326 e. The monoisotopic (exact) mass is 501 g/mol. The molecule has 3 amide bonds. The van der Waals surface area contributed by atoms with Crippen LogP contribution in [0.15, 0.2) is 4.99 Å². The summed E-state index contributed by atoms with van der Waals surface area (Å²) >= 11 is 0. The predicted molar refractivity (Wildman–Crippen MR) is 123 cm³/mol. The largest absolute Gasteiger partial charge is 0.481 e. The van der Waals surface area contributed by atoms with Gasteiger partial charge in [-0.05, 0) is 39.0 Å². The van der Waals surface area contributed by atoms with E-state index in [0.717, 1.165) is 0 Å². The maximum absolute atomic E-state index is 12.9. The van der Waals surface area contributed by atoms with Gasteiger partial charge in [-0.3, -0.25) is 24.2 Å². The van der Waals surface area contributed by atoms with Gasteiger partial charge in [0.05, 0.1) is 6.10 Å². The van der Waals surface area contributed by atoms with Gasteiger partial charge in [0.1, 0.15) is 24.2 Å². The van der Waals surface area contributed by atoms with Crippen LogP contribution in [0, 0.1) is 0 Å². The van der Waals surface area contributed by atoms with Gasteiger partial charge in [0.25, 0.3) is 0 Å². The van der Waals surface area contributed by atoms with Crippen LogP contribution in [0.25, 0.3) is 0 Å². The summed E-state index contributed by atoms with van der Waals surface area (Å²) in [7, 11) is 0. The Labute approximate surface area is 202 Å². The molecule has 5 unspecified atom stereocenters. The Hall–Kier alpha value is -3.46. The Balaban J connectivity index is 2.91. The van der Waals surface area contributed by atoms with Crippen LogP contribution < -0.4 is 27.8 Å². The van der Waals surface area contributed by atoms with Gasteiger partial charge in [-0.25, -0.2) is 4.79 Å². The Morgan fingerprint density at radius 1 is 1.09 bits per heavy atom. The molecule has 1 fully saturated rings. The van der Waals surface area contributed by atoms with Gasteiger partial charge in [0.2, 0.25) is 17.7 Å². The Morgan fingerprint density at radius 3 is 2.29 bits per heavy atom. The van der Waals surface area contributed by atoms with E-state index >= 15 is 0 Å². The van der Waals surface area contributed by atoms with Gasteiger partial charge in [-0.2, -0.15) is 0 Å². The summed E-state index contributed by atoms with van der Waals surface area (Å²) in [5.74, 6) is -4.93. The lowest BCUT2D eigenvalue weighted by molar-refractivity contribution is -0.144. The summed E-state index contributed by atoms with van der Waals surface area (Å²) in [6, 6.07) is -4.89. The van der Waals surface area contributed by atoms with Gasteiger partial charge in [0.15, 0.2) is 5.96 Å². The molecule has 0 aromatic carbocycles. The molecule has 11 N–H and O–H groups in total. The number of rotatable bonds is 14. The van der Waals surface area contributed by atoms with Gasteiger partial charge in [0, 0.05) is 19.5 Å². The minimum Gasteiger partial charge on any atom is -0.481 e. The molecule has 0 aromatic heterocycles. The van der Waals surface area contributed by atoms with E-state index in [1.54, 1.807) is 0 Å². The first-order valence-electron chi connectivity index (χ1n) is 11.2. The molecule has 0 saturated carbocycles. The van der Waals surface area contributed by atoms with E-state index < -0.39 is 66.4 Å². The number of aliphatic hydroxyl groups excluding tert-OH is 1. The first kappa shape index (κ1) is 29.6. The summed E-state index contributed by atoms with van der Waals surface area (Å²) in [6.45, 7) is 1.71. The fraction of sp³-hybridized carbons (Fsp3) is 0.700. The molecule has 0 spiro atoms. The standard InChI is InChI=1S/C20H35N7O8/c1-10(28)15(21)18(33)27-9-3-5-13(27)17(32)25-11(6-7-14(29)30)16(31)26-12(19(34)35)4-2-8-24-20(22)23/h10-13,15,28H,2-9,21H2,1H3,(H,25,32)(H,26,31)(H,29,30)(H,34,35)(H4,22,23,24). The lowest BCUT2D eigenvalue weighted by atomic mass is 10.1. The molecule has 198 valence electrons. The maximum Gasteiger partial charge on any atom is 0.326 e. The molecule has 1 heterocycles. The van der Waals surface area contributed by atoms with Crippen molar-refractivity contribution in [2.24, 2.45) is 22.2 Å². The van der Waals surface area contributed by atoms with Crippen molar-refractivity contribution >= 4 is 35.6 Å². The van der Waals surface area contributed by atoms with Crippen LogP contribution in [0.1, 0.15) is 45.4 Å². The summed E-state index contributed by atoms with van der Waals surface area (Å²) in [5, 5.41) is 32.8. The third kappa shape index (κ3) is 9.74. The molecule has 1 saturated heterocycles. The van der Waals surface area contributed by atoms with Crippen molar-refractivity contribution in [2.45, 2.75) is 75.7 Å². The number of aliphatic hydroxyl groups is 1. The SMILES string of the molecule is CC(O)C(N)C(=O)N1CCCC1C(=O)NC(CCC(=O)O)C(=O)NC(CCCN=C(N)N)C(=O)O. The quantitative estimate of drug-likeness (QED) is 0.0662. The fourth-order valence-electron chi connectivity index (χ4n) is 3.54. The van der Waals surface area contributed by atoms with E-state index in [-0.39, 0.29) is 44.7 Å². The Morgan fingerprint density at radius 2 is 1.74 bits per heavy atom. The minimum absolute atomic E-state index is 0.0143. The lowest BCUT2D eigenvalue weighted by Gasteiger charge is -2.29. The van der Waals surface area contributed by atoms with E-state index in [4.69, 9.17) is 22.3 Å². The highest BCUT2D eigenvalue weighted by atomic mass is 16.4. The van der Waals surface area contributed by atoms with Crippen molar-refractivity contribution in [3.05, 3.63) is 0 Å². The summed E-state index contributed by atoms with van der Waals surface area (Å²) < 4.78 is 0. The van der Waals surface area contributed by atoms with Crippen LogP contribution in [-0.2, 0) is 24.0 Å². The van der Waals surface area contributed by atoms with E-state index in [2.05, 4.69) is 15.6 Å². The molecule has 35 heavy (non-hydrogen) atoms. The van der Waals surface area contributed by atoms with E-state index in [9.17, 15) is 34.2 Å². The summed E-state index contributed by atoms with van der Waals surface area (Å²) in [4.78, 5) is 65.8. The number of carbonyl (C=O) groups excluding carboxylic acids is 3. The van der Waals surface area contributed by atoms with Gasteiger partial charge < -0.3 is 48.1 Å². The van der Waals surface area contributed by atoms with Crippen molar-refractivity contribution in [3.8, 4) is 0 Å². The summed E-state index contributed by atoms with van der Waals surface area (Å²) in [6.07, 6.45) is -0.925. The van der Waals surface area contributed by atoms with Crippen molar-refractivity contribution in [1.82, 2.24) is 15.5 Å². The molecule has 0 aliphatic carbocycles. The number of carbonyl (C=O) groups is 5. The zero-order valence-corrected chi connectivity index (χ0v) is 19.6. The van der Waals surface area contributed by atoms with Crippen LogP contribution in [0.4, 0.5) is 0 Å². The third-order valence-corrected chi connectivity index (χ3v) is 5.48. The molecule has 1 rings (SSSR count). The van der Waals surface area contributed by atoms with Crippen molar-refractivity contribution < 1.29 is 39.3 Å². The first-order valence-corrected chi connectivity index (χ1v) is 11.2. The molecular weight excluding hydrogens is 466 g/mol. The Bertz CT molecular complexity index is 815. The summed E-state index contributed by atoms with van der Waals surface area (Å²) in [5.41, 5.74) is 16.1. The van der Waals surface area contributed by atoms with E-state index in [1.807, 2.05) is 0 Å². The molecule has 1 aliphatic heterocycles. The fourth-order valence-corrected chi connectivity index (χ4v) is 3.54. The lowest BCUT2D eigenvalue weighted by Crippen LogP contribution is -2.57. The van der Waals surface area contributed by atoms with E-state index in [1.165, 1.54) is 11.8 Å². The molecule has 1 aliphatic rings. The highest BCUT2D eigenvalue weighted by Gasteiger charge is 2.38. The number of nitrogens with one attached hydrogen (secondary N) is 2. The van der Waals surface area contributed by atoms with Crippen LogP contribution in [0.5, 0.6) is 0 Å². The second kappa shape index (κ2) is 14.1. The minimum atomic E-state index is -1.36. The molecule has 5 atom stereocenters. The van der Waals surface area contributed by atoms with E-state index in [0.29, 0.717) is 6.42 Å². The van der Waals surface area contributed by atoms with Gasteiger partial charge in [-0.15, -0.1) is 0 Å². The third-order valence-electron chi connectivity index (χ3n) is 5.48. The second-order valence-electron chi connectivity index (χ2n) is 8.30. The zero-order chi connectivity index (χ0) is 26.7. The van der Waals surface area contributed by atoms with Gasteiger partial charge in [-0.1, -0.05) is 0 Å². The predicted octanol–water partition coefficient (Wildman–Crippen LogP) is -3.34. The highest BCUT2D eigenvalue weighted by molar-refractivity contribution is 5.94. The van der Waals surface area contributed by atoms with Crippen molar-refractivity contribution in [1.29, 1.82) is 0 Å². The average Bonchev–Trinajstić information content (AvgIpc) is 3.26. The zero-order valence-electron chi connectivity index (χ0n) is 19.6. The van der Waals surface area contributed by atoms with Crippen LogP contribution in [0.3, 0.4) is 0 Å². The number of likely N-dealkylation sites (tertiary alicyclic amines) is 1. The second-order valence-corrected chi connectivity index (χ2v) is 8.30. The number of nitrogens with two attached hydrogens (primary N) is 3. The molecule has 15 nitrogen and oxygen atoms in total. The molecule has 0 aromatic rings. The first-order chi connectivity index (χ1) is 16.3. The number of nitrogens with zero attached hydrogens (tertiary/aromatic N) is 2. The van der Waals surface area contributed by atoms with Gasteiger partial charge >= 0.3 is 11.9 Å². The topological polar surface area (TPSA) is 264 Å². The number of hydrogen-bond donors (Lipinski definition) is 8. The van der Waals surface area contributed by atoms with Crippen molar-refractivity contribution in [3.63, 3.8) is 0 Å².